The first-order valence-corrected chi connectivity index (χ1v) is 11.9. The number of ether oxygens (including phenoxy) is 1. The van der Waals surface area contributed by atoms with Gasteiger partial charge in [-0.15, -0.1) is 0 Å². The molecule has 0 aliphatic heterocycles. The zero-order valence-electron chi connectivity index (χ0n) is 21.0. The molecule has 2 aromatic carbocycles. The Hall–Kier alpha value is -5.20. The molecule has 0 saturated carbocycles. The number of benzene rings is 2. The fourth-order valence-corrected chi connectivity index (χ4v) is 4.18. The van der Waals surface area contributed by atoms with E-state index in [1.54, 1.807) is 42.0 Å². The summed E-state index contributed by atoms with van der Waals surface area (Å²) in [6.07, 6.45) is 1.20. The lowest BCUT2D eigenvalue weighted by molar-refractivity contribution is -0.138. The van der Waals surface area contributed by atoms with E-state index in [0.29, 0.717) is 28.2 Å². The number of aromatic nitrogens is 5. The van der Waals surface area contributed by atoms with Crippen molar-refractivity contribution in [2.75, 3.05) is 5.32 Å². The molecule has 0 spiro atoms. The lowest BCUT2D eigenvalue weighted by Crippen LogP contribution is -2.19. The normalized spacial score (nSPS) is 11.5. The number of aryl methyl sites for hydroxylation is 1. The van der Waals surface area contributed by atoms with E-state index in [1.165, 1.54) is 41.5 Å². The van der Waals surface area contributed by atoms with E-state index >= 15 is 0 Å². The molecular formula is C27H22F3N7O3. The SMILES string of the molecule is Cc1nccn1Cc1ccc(NC(=O)n2ccc3cc(Oc4cc(CC(N)=O)ncn4)ccc32)cc1C(F)(F)F. The number of carbonyl (C=O) groups is 2. The second-order valence-electron chi connectivity index (χ2n) is 8.90. The van der Waals surface area contributed by atoms with Crippen molar-refractivity contribution in [2.24, 2.45) is 5.73 Å². The molecule has 13 heteroatoms. The van der Waals surface area contributed by atoms with E-state index in [9.17, 15) is 22.8 Å². The van der Waals surface area contributed by atoms with E-state index in [4.69, 9.17) is 10.5 Å². The minimum absolute atomic E-state index is 0.000702. The Morgan fingerprint density at radius 2 is 1.85 bits per heavy atom. The zero-order chi connectivity index (χ0) is 28.4. The number of alkyl halides is 3. The molecule has 0 aliphatic rings. The number of halogens is 3. The summed E-state index contributed by atoms with van der Waals surface area (Å²) < 4.78 is 50.2. The van der Waals surface area contributed by atoms with Gasteiger partial charge in [0.1, 0.15) is 17.9 Å². The molecule has 0 atom stereocenters. The first kappa shape index (κ1) is 26.4. The summed E-state index contributed by atoms with van der Waals surface area (Å²) in [6.45, 7) is 1.69. The number of hydrogen-bond acceptors (Lipinski definition) is 6. The number of imidazole rings is 1. The summed E-state index contributed by atoms with van der Waals surface area (Å²) in [7, 11) is 0. The van der Waals surface area contributed by atoms with Gasteiger partial charge in [0, 0.05) is 42.3 Å². The predicted octanol–water partition coefficient (Wildman–Crippen LogP) is 4.90. The maximum absolute atomic E-state index is 13.9. The maximum Gasteiger partial charge on any atom is 0.416 e. The van der Waals surface area contributed by atoms with Crippen molar-refractivity contribution in [2.45, 2.75) is 26.1 Å². The molecule has 0 radical (unpaired) electrons. The van der Waals surface area contributed by atoms with Crippen molar-refractivity contribution in [3.05, 3.63) is 96.1 Å². The standard InChI is InChI=1S/C27H22F3N7O3/c1-16-32-7-9-36(16)14-18-2-3-19(11-22(18)27(28,29)30)35-26(39)37-8-6-17-10-21(4-5-23(17)37)40-25-13-20(12-24(31)38)33-15-34-25/h2-11,13,15H,12,14H2,1H3,(H2,31,38)(H,35,39). The first-order chi connectivity index (χ1) is 19.1. The molecule has 0 fully saturated rings. The van der Waals surface area contributed by atoms with Crippen LogP contribution in [0.25, 0.3) is 10.9 Å². The van der Waals surface area contributed by atoms with Gasteiger partial charge in [-0.3, -0.25) is 9.36 Å². The minimum atomic E-state index is -4.62. The monoisotopic (exact) mass is 549 g/mol. The predicted molar refractivity (Wildman–Crippen MR) is 139 cm³/mol. The van der Waals surface area contributed by atoms with Crippen molar-refractivity contribution in [3.63, 3.8) is 0 Å². The minimum Gasteiger partial charge on any atom is -0.439 e. The van der Waals surface area contributed by atoms with Crippen molar-refractivity contribution < 1.29 is 27.5 Å². The first-order valence-electron chi connectivity index (χ1n) is 11.9. The Balaban J connectivity index is 1.34. The van der Waals surface area contributed by atoms with Gasteiger partial charge in [0.25, 0.3) is 0 Å². The van der Waals surface area contributed by atoms with Gasteiger partial charge in [0.15, 0.2) is 0 Å². The van der Waals surface area contributed by atoms with Crippen LogP contribution in [0.3, 0.4) is 0 Å². The van der Waals surface area contributed by atoms with Gasteiger partial charge in [-0.2, -0.15) is 13.2 Å². The van der Waals surface area contributed by atoms with Crippen molar-refractivity contribution >= 4 is 28.5 Å². The van der Waals surface area contributed by atoms with Crippen LogP contribution in [0.1, 0.15) is 22.6 Å². The third-order valence-corrected chi connectivity index (χ3v) is 6.09. The lowest BCUT2D eigenvalue weighted by Gasteiger charge is -2.16. The highest BCUT2D eigenvalue weighted by Gasteiger charge is 2.34. The third-order valence-electron chi connectivity index (χ3n) is 6.09. The van der Waals surface area contributed by atoms with Crippen LogP contribution in [0.5, 0.6) is 11.6 Å². The highest BCUT2D eigenvalue weighted by atomic mass is 19.4. The largest absolute Gasteiger partial charge is 0.439 e. The molecule has 5 rings (SSSR count). The molecule has 0 saturated heterocycles. The lowest BCUT2D eigenvalue weighted by atomic mass is 10.1. The van der Waals surface area contributed by atoms with E-state index in [2.05, 4.69) is 20.3 Å². The number of carbonyl (C=O) groups excluding carboxylic acids is 2. The molecule has 0 aliphatic carbocycles. The van der Waals surface area contributed by atoms with Gasteiger partial charge in [-0.1, -0.05) is 6.07 Å². The second-order valence-corrected chi connectivity index (χ2v) is 8.90. The van der Waals surface area contributed by atoms with Crippen LogP contribution in [0.4, 0.5) is 23.7 Å². The van der Waals surface area contributed by atoms with Crippen molar-refractivity contribution in [1.82, 2.24) is 24.1 Å². The molecule has 2 amide bonds. The zero-order valence-corrected chi connectivity index (χ0v) is 21.0. The molecule has 0 bridgehead atoms. The van der Waals surface area contributed by atoms with Crippen molar-refractivity contribution in [3.8, 4) is 11.6 Å². The summed E-state index contributed by atoms with van der Waals surface area (Å²) in [5.41, 5.74) is 5.31. The van der Waals surface area contributed by atoms with Gasteiger partial charge >= 0.3 is 12.2 Å². The van der Waals surface area contributed by atoms with Crippen LogP contribution >= 0.6 is 0 Å². The van der Waals surface area contributed by atoms with E-state index in [0.717, 1.165) is 6.07 Å². The number of hydrogen-bond donors (Lipinski definition) is 2. The quantitative estimate of drug-likeness (QED) is 0.297. The average molecular weight is 550 g/mol. The molecule has 5 aromatic rings. The number of amides is 2. The molecule has 204 valence electrons. The molecule has 40 heavy (non-hydrogen) atoms. The Kier molecular flexibility index (Phi) is 6.94. The summed E-state index contributed by atoms with van der Waals surface area (Å²) in [5.74, 6) is 0.659. The highest BCUT2D eigenvalue weighted by Crippen LogP contribution is 2.34. The van der Waals surface area contributed by atoms with Gasteiger partial charge in [-0.25, -0.2) is 19.7 Å². The summed E-state index contributed by atoms with van der Waals surface area (Å²) in [6, 6.07) is 11.1. The fourth-order valence-electron chi connectivity index (χ4n) is 4.18. The maximum atomic E-state index is 13.9. The fraction of sp³-hybridized carbons (Fsp3) is 0.148. The number of nitrogens with one attached hydrogen (secondary N) is 1. The summed E-state index contributed by atoms with van der Waals surface area (Å²) >= 11 is 0. The summed E-state index contributed by atoms with van der Waals surface area (Å²) in [4.78, 5) is 36.2. The van der Waals surface area contributed by atoms with Crippen LogP contribution in [0.15, 0.2) is 73.4 Å². The molecule has 3 heterocycles. The van der Waals surface area contributed by atoms with Gasteiger partial charge < -0.3 is 20.4 Å². The van der Waals surface area contributed by atoms with Crippen molar-refractivity contribution in [1.29, 1.82) is 0 Å². The molecule has 3 aromatic heterocycles. The number of anilines is 1. The van der Waals surface area contributed by atoms with Crippen LogP contribution < -0.4 is 15.8 Å². The number of rotatable bonds is 7. The van der Waals surface area contributed by atoms with Crippen LogP contribution in [-0.2, 0) is 23.9 Å². The van der Waals surface area contributed by atoms with Gasteiger partial charge in [0.05, 0.1) is 23.2 Å². The number of nitrogens with two attached hydrogens (primary N) is 1. The number of primary amides is 1. The number of fused-ring (bicyclic) bond motifs is 1. The Morgan fingerprint density at radius 3 is 2.58 bits per heavy atom. The highest BCUT2D eigenvalue weighted by molar-refractivity contribution is 5.98. The topological polar surface area (TPSA) is 130 Å². The smallest absolute Gasteiger partial charge is 0.416 e. The molecular weight excluding hydrogens is 527 g/mol. The average Bonchev–Trinajstić information content (AvgIpc) is 3.49. The van der Waals surface area contributed by atoms with Crippen LogP contribution in [0.2, 0.25) is 0 Å². The molecule has 0 unspecified atom stereocenters. The molecule has 3 N–H and O–H groups in total. The third kappa shape index (κ3) is 5.77. The van der Waals surface area contributed by atoms with E-state index in [1.807, 2.05) is 0 Å². The van der Waals surface area contributed by atoms with Gasteiger partial charge in [-0.05, 0) is 48.9 Å². The van der Waals surface area contributed by atoms with E-state index in [-0.39, 0.29) is 30.1 Å². The Labute approximate surface area is 225 Å². The Bertz CT molecular complexity index is 1730. The van der Waals surface area contributed by atoms with Gasteiger partial charge in [0.2, 0.25) is 11.8 Å². The Morgan fingerprint density at radius 1 is 1.02 bits per heavy atom. The number of nitrogens with zero attached hydrogens (tertiary/aromatic N) is 5. The van der Waals surface area contributed by atoms with Crippen LogP contribution in [0, 0.1) is 6.92 Å². The second kappa shape index (κ2) is 10.5. The van der Waals surface area contributed by atoms with Crippen LogP contribution in [-0.4, -0.2) is 36.0 Å². The molecule has 10 nitrogen and oxygen atoms in total. The van der Waals surface area contributed by atoms with E-state index < -0.39 is 23.7 Å². The summed E-state index contributed by atoms with van der Waals surface area (Å²) in [5, 5.41) is 3.18.